The van der Waals surface area contributed by atoms with Crippen LogP contribution in [0.4, 0.5) is 10.5 Å². The molecule has 2 aliphatic rings. The van der Waals surface area contributed by atoms with Crippen molar-refractivity contribution in [3.63, 3.8) is 0 Å². The lowest BCUT2D eigenvalue weighted by Crippen LogP contribution is -2.34. The molecule has 102 valence electrons. The quantitative estimate of drug-likeness (QED) is 0.903. The molecule has 1 aliphatic carbocycles. The highest BCUT2D eigenvalue weighted by Crippen LogP contribution is 2.30. The molecular formula is C14H19N3O2. The van der Waals surface area contributed by atoms with Crippen LogP contribution >= 0.6 is 0 Å². The third-order valence-corrected chi connectivity index (χ3v) is 3.61. The number of hydrogen-bond acceptors (Lipinski definition) is 3. The van der Waals surface area contributed by atoms with E-state index in [4.69, 9.17) is 4.74 Å². The number of rotatable bonds is 4. The van der Waals surface area contributed by atoms with Gasteiger partial charge >= 0.3 is 6.03 Å². The molecular weight excluding hydrogens is 242 g/mol. The summed E-state index contributed by atoms with van der Waals surface area (Å²) in [6, 6.07) is 3.58. The first-order valence-electron chi connectivity index (χ1n) is 6.89. The van der Waals surface area contributed by atoms with Gasteiger partial charge in [0, 0.05) is 25.9 Å². The number of pyridine rings is 1. The summed E-state index contributed by atoms with van der Waals surface area (Å²) in [5, 5.41) is 2.85. The van der Waals surface area contributed by atoms with E-state index in [9.17, 15) is 4.79 Å². The van der Waals surface area contributed by atoms with Crippen LogP contribution in [0.2, 0.25) is 0 Å². The summed E-state index contributed by atoms with van der Waals surface area (Å²) in [6.45, 7) is 2.32. The molecule has 0 spiro atoms. The van der Waals surface area contributed by atoms with E-state index in [1.807, 2.05) is 11.0 Å². The van der Waals surface area contributed by atoms with Crippen LogP contribution in [0.3, 0.4) is 0 Å². The molecule has 1 atom stereocenters. The molecule has 1 unspecified atom stereocenters. The summed E-state index contributed by atoms with van der Waals surface area (Å²) >= 11 is 0. The topological polar surface area (TPSA) is 54.5 Å². The van der Waals surface area contributed by atoms with E-state index in [1.54, 1.807) is 18.5 Å². The number of nitrogens with one attached hydrogen (secondary N) is 1. The summed E-state index contributed by atoms with van der Waals surface area (Å²) in [7, 11) is 0. The lowest BCUT2D eigenvalue weighted by atomic mass is 10.3. The van der Waals surface area contributed by atoms with Crippen molar-refractivity contribution in [1.29, 1.82) is 0 Å². The number of ether oxygens (including phenoxy) is 1. The number of nitrogens with zero attached hydrogens (tertiary/aromatic N) is 2. The van der Waals surface area contributed by atoms with Crippen LogP contribution in [0, 0.1) is 5.92 Å². The Morgan fingerprint density at radius 3 is 3.11 bits per heavy atom. The SMILES string of the molecule is O=C(Nc1cccnc1)N1CCC(OCC2CC2)C1. The highest BCUT2D eigenvalue weighted by molar-refractivity contribution is 5.89. The summed E-state index contributed by atoms with van der Waals surface area (Å²) < 4.78 is 5.82. The van der Waals surface area contributed by atoms with E-state index in [0.29, 0.717) is 6.54 Å². The first kappa shape index (κ1) is 12.4. The second-order valence-corrected chi connectivity index (χ2v) is 5.31. The Kier molecular flexibility index (Phi) is 3.64. The lowest BCUT2D eigenvalue weighted by molar-refractivity contribution is 0.0543. The molecule has 1 saturated carbocycles. The zero-order chi connectivity index (χ0) is 13.1. The number of carbonyl (C=O) groups excluding carboxylic acids is 1. The molecule has 2 heterocycles. The molecule has 0 bridgehead atoms. The second kappa shape index (κ2) is 5.57. The van der Waals surface area contributed by atoms with Crippen LogP contribution in [0.5, 0.6) is 0 Å². The molecule has 5 nitrogen and oxygen atoms in total. The number of hydrogen-bond donors (Lipinski definition) is 1. The smallest absolute Gasteiger partial charge is 0.321 e. The Labute approximate surface area is 113 Å². The normalized spacial score (nSPS) is 22.5. The minimum Gasteiger partial charge on any atom is -0.376 e. The highest BCUT2D eigenvalue weighted by atomic mass is 16.5. The third kappa shape index (κ3) is 3.44. The fourth-order valence-electron chi connectivity index (χ4n) is 2.24. The van der Waals surface area contributed by atoms with Crippen molar-refractivity contribution in [2.24, 2.45) is 5.92 Å². The summed E-state index contributed by atoms with van der Waals surface area (Å²) in [5.74, 6) is 0.776. The summed E-state index contributed by atoms with van der Waals surface area (Å²) in [6.07, 6.45) is 7.09. The average molecular weight is 261 g/mol. The minimum absolute atomic E-state index is 0.0643. The van der Waals surface area contributed by atoms with Gasteiger partial charge in [0.25, 0.3) is 0 Å². The van der Waals surface area contributed by atoms with Gasteiger partial charge in [-0.3, -0.25) is 4.98 Å². The number of likely N-dealkylation sites (tertiary alicyclic amines) is 1. The van der Waals surface area contributed by atoms with Gasteiger partial charge in [-0.1, -0.05) is 0 Å². The van der Waals surface area contributed by atoms with Gasteiger partial charge in [0.15, 0.2) is 0 Å². The van der Waals surface area contributed by atoms with E-state index in [2.05, 4.69) is 10.3 Å². The van der Waals surface area contributed by atoms with E-state index >= 15 is 0 Å². The van der Waals surface area contributed by atoms with Crippen LogP contribution in [-0.4, -0.2) is 41.7 Å². The van der Waals surface area contributed by atoms with Crippen LogP contribution < -0.4 is 5.32 Å². The maximum atomic E-state index is 12.0. The van der Waals surface area contributed by atoms with Crippen LogP contribution in [-0.2, 0) is 4.74 Å². The minimum atomic E-state index is -0.0643. The zero-order valence-electron chi connectivity index (χ0n) is 10.9. The van der Waals surface area contributed by atoms with Gasteiger partial charge in [0.1, 0.15) is 0 Å². The van der Waals surface area contributed by atoms with E-state index in [1.165, 1.54) is 12.8 Å². The monoisotopic (exact) mass is 261 g/mol. The average Bonchev–Trinajstić information content (AvgIpc) is 3.14. The molecule has 2 fully saturated rings. The molecule has 1 saturated heterocycles. The highest BCUT2D eigenvalue weighted by Gasteiger charge is 2.29. The largest absolute Gasteiger partial charge is 0.376 e. The molecule has 5 heteroatoms. The van der Waals surface area contributed by atoms with E-state index in [-0.39, 0.29) is 12.1 Å². The molecule has 1 aromatic rings. The number of urea groups is 1. The Hall–Kier alpha value is -1.62. The number of amides is 2. The second-order valence-electron chi connectivity index (χ2n) is 5.31. The first-order valence-corrected chi connectivity index (χ1v) is 6.89. The van der Waals surface area contributed by atoms with Crippen LogP contribution in [0.15, 0.2) is 24.5 Å². The maximum Gasteiger partial charge on any atom is 0.321 e. The number of anilines is 1. The maximum absolute atomic E-state index is 12.0. The van der Waals surface area contributed by atoms with Gasteiger partial charge in [-0.05, 0) is 37.3 Å². The molecule has 1 aliphatic heterocycles. The Bertz CT molecular complexity index is 434. The van der Waals surface area contributed by atoms with Crippen molar-refractivity contribution < 1.29 is 9.53 Å². The number of aromatic nitrogens is 1. The molecule has 3 rings (SSSR count). The lowest BCUT2D eigenvalue weighted by Gasteiger charge is -2.17. The van der Waals surface area contributed by atoms with Crippen molar-refractivity contribution >= 4 is 11.7 Å². The van der Waals surface area contributed by atoms with E-state index in [0.717, 1.165) is 31.2 Å². The molecule has 0 radical (unpaired) electrons. The fourth-order valence-corrected chi connectivity index (χ4v) is 2.24. The first-order chi connectivity index (χ1) is 9.31. The predicted octanol–water partition coefficient (Wildman–Crippen LogP) is 2.11. The summed E-state index contributed by atoms with van der Waals surface area (Å²) in [5.41, 5.74) is 0.731. The Morgan fingerprint density at radius 2 is 2.37 bits per heavy atom. The van der Waals surface area contributed by atoms with Crippen molar-refractivity contribution in [2.75, 3.05) is 25.0 Å². The van der Waals surface area contributed by atoms with Gasteiger partial charge in [0.05, 0.1) is 18.0 Å². The summed E-state index contributed by atoms with van der Waals surface area (Å²) in [4.78, 5) is 17.8. The predicted molar refractivity (Wildman–Crippen MR) is 71.9 cm³/mol. The molecule has 1 N–H and O–H groups in total. The standard InChI is InChI=1S/C14H19N3O2/c18-14(16-12-2-1-6-15-8-12)17-7-5-13(9-17)19-10-11-3-4-11/h1-2,6,8,11,13H,3-5,7,9-10H2,(H,16,18). The number of carbonyl (C=O) groups is 1. The molecule has 0 aromatic carbocycles. The van der Waals surface area contributed by atoms with Crippen molar-refractivity contribution in [3.05, 3.63) is 24.5 Å². The molecule has 1 aromatic heterocycles. The van der Waals surface area contributed by atoms with E-state index < -0.39 is 0 Å². The molecule has 19 heavy (non-hydrogen) atoms. The van der Waals surface area contributed by atoms with Gasteiger partial charge in [-0.25, -0.2) is 4.79 Å². The zero-order valence-corrected chi connectivity index (χ0v) is 10.9. The molecule has 2 amide bonds. The Morgan fingerprint density at radius 1 is 1.47 bits per heavy atom. The van der Waals surface area contributed by atoms with Gasteiger partial charge < -0.3 is 15.0 Å². The van der Waals surface area contributed by atoms with Crippen molar-refractivity contribution in [2.45, 2.75) is 25.4 Å². The van der Waals surface area contributed by atoms with Crippen molar-refractivity contribution in [1.82, 2.24) is 9.88 Å². The van der Waals surface area contributed by atoms with Crippen LogP contribution in [0.1, 0.15) is 19.3 Å². The van der Waals surface area contributed by atoms with Gasteiger partial charge in [-0.15, -0.1) is 0 Å². The fraction of sp³-hybridized carbons (Fsp3) is 0.571. The van der Waals surface area contributed by atoms with Crippen LogP contribution in [0.25, 0.3) is 0 Å². The van der Waals surface area contributed by atoms with Gasteiger partial charge in [0.2, 0.25) is 0 Å². The Balaban J connectivity index is 1.45. The third-order valence-electron chi connectivity index (χ3n) is 3.61. The van der Waals surface area contributed by atoms with Gasteiger partial charge in [-0.2, -0.15) is 0 Å². The van der Waals surface area contributed by atoms with Crippen molar-refractivity contribution in [3.8, 4) is 0 Å².